The first-order valence-electron chi connectivity index (χ1n) is 18.3. The molecule has 7 aromatic rings. The van der Waals surface area contributed by atoms with Crippen molar-refractivity contribution in [3.63, 3.8) is 0 Å². The van der Waals surface area contributed by atoms with Crippen LogP contribution < -0.4 is 11.3 Å². The molecule has 0 atom stereocenters. The van der Waals surface area contributed by atoms with Gasteiger partial charge in [0.1, 0.15) is 11.2 Å². The monoisotopic (exact) mass is 690 g/mol. The van der Waals surface area contributed by atoms with E-state index in [2.05, 4.69) is 132 Å². The zero-order chi connectivity index (χ0) is 37.7. The lowest BCUT2D eigenvalue weighted by atomic mass is 9.79. The van der Waals surface area contributed by atoms with Crippen molar-refractivity contribution in [1.29, 1.82) is 0 Å². The van der Waals surface area contributed by atoms with E-state index in [-0.39, 0.29) is 21.7 Å². The molecule has 4 nitrogen and oxygen atoms in total. The predicted molar refractivity (Wildman–Crippen MR) is 219 cm³/mol. The highest BCUT2D eigenvalue weighted by Crippen LogP contribution is 2.38. The normalized spacial score (nSPS) is 13.2. The molecule has 0 unspecified atom stereocenters. The van der Waals surface area contributed by atoms with E-state index in [0.717, 1.165) is 43.8 Å². The summed E-state index contributed by atoms with van der Waals surface area (Å²) in [5.74, 6) is 0. The average molecular weight is 691 g/mol. The molecule has 0 radical (unpaired) electrons. The minimum atomic E-state index is -0.399. The molecule has 0 bridgehead atoms. The van der Waals surface area contributed by atoms with Gasteiger partial charge in [-0.2, -0.15) is 0 Å². The largest absolute Gasteiger partial charge is 0.422 e. The first-order valence-corrected chi connectivity index (χ1v) is 18.3. The molecule has 0 aliphatic heterocycles. The van der Waals surface area contributed by atoms with Gasteiger partial charge in [-0.1, -0.05) is 144 Å². The van der Waals surface area contributed by atoms with Crippen LogP contribution in [0.3, 0.4) is 0 Å². The summed E-state index contributed by atoms with van der Waals surface area (Å²) in [6.07, 6.45) is 0. The topological polar surface area (TPSA) is 60.4 Å². The van der Waals surface area contributed by atoms with Crippen molar-refractivity contribution in [3.05, 3.63) is 128 Å². The summed E-state index contributed by atoms with van der Waals surface area (Å²) in [5, 5.41) is 3.93. The molecule has 0 spiro atoms. The van der Waals surface area contributed by atoms with E-state index in [1.165, 1.54) is 22.3 Å². The molecule has 52 heavy (non-hydrogen) atoms. The number of benzene rings is 5. The van der Waals surface area contributed by atoms with Gasteiger partial charge in [0.25, 0.3) is 0 Å². The Balaban J connectivity index is 1.38. The molecule has 0 aliphatic carbocycles. The Morgan fingerprint density at radius 3 is 0.923 bits per heavy atom. The van der Waals surface area contributed by atoms with Crippen LogP contribution >= 0.6 is 0 Å². The summed E-state index contributed by atoms with van der Waals surface area (Å²) < 4.78 is 12.0. The summed E-state index contributed by atoms with van der Waals surface area (Å²) in [6.45, 7) is 26.7. The Labute approximate surface area is 306 Å². The van der Waals surface area contributed by atoms with Gasteiger partial charge in [-0.05, 0) is 90.4 Å². The van der Waals surface area contributed by atoms with Gasteiger partial charge in [0.15, 0.2) is 0 Å². The highest BCUT2D eigenvalue weighted by Gasteiger charge is 2.23. The van der Waals surface area contributed by atoms with Crippen LogP contribution in [0.4, 0.5) is 0 Å². The third-order valence-electron chi connectivity index (χ3n) is 10.5. The van der Waals surface area contributed by atoms with Gasteiger partial charge in [0.05, 0.1) is 10.8 Å². The lowest BCUT2D eigenvalue weighted by Gasteiger charge is -2.26. The minimum absolute atomic E-state index is 0.0358. The summed E-state index contributed by atoms with van der Waals surface area (Å²) in [4.78, 5) is 27.3. The molecule has 0 saturated carbocycles. The smallest absolute Gasteiger partial charge is 0.344 e. The molecule has 4 heteroatoms. The van der Waals surface area contributed by atoms with Gasteiger partial charge in [-0.15, -0.1) is 0 Å². The standard InChI is InChI=1S/C48H50O4/c1-45(2,3)31-17-29(18-32(23-31)46(4,5)6)27-13-15-35-37-25-42-38(26-41(37)51-43(49)39(35)21-27)36-16-14-28(22-40(36)44(50)52-42)30-19-33(47(7,8)9)24-34(20-30)48(10,11)12/h13-26H,1-12H3. The van der Waals surface area contributed by atoms with Crippen LogP contribution in [-0.2, 0) is 21.7 Å². The molecular weight excluding hydrogens is 641 g/mol. The zero-order valence-corrected chi connectivity index (χ0v) is 32.7. The molecule has 0 amide bonds. The Hall–Kier alpha value is -4.96. The first kappa shape index (κ1) is 35.4. The maximum absolute atomic E-state index is 13.6. The molecule has 5 aromatic carbocycles. The van der Waals surface area contributed by atoms with E-state index >= 15 is 0 Å². The van der Waals surface area contributed by atoms with Crippen LogP contribution in [-0.4, -0.2) is 0 Å². The quantitative estimate of drug-likeness (QED) is 0.103. The van der Waals surface area contributed by atoms with Crippen LogP contribution in [0.5, 0.6) is 0 Å². The van der Waals surface area contributed by atoms with Gasteiger partial charge in [0, 0.05) is 21.5 Å². The predicted octanol–water partition coefficient (Wildman–Crippen LogP) is 12.7. The van der Waals surface area contributed by atoms with Crippen molar-refractivity contribution in [2.75, 3.05) is 0 Å². The molecule has 0 N–H and O–H groups in total. The van der Waals surface area contributed by atoms with E-state index in [4.69, 9.17) is 8.83 Å². The van der Waals surface area contributed by atoms with Crippen molar-refractivity contribution < 1.29 is 8.83 Å². The second kappa shape index (κ2) is 11.8. The molecule has 266 valence electrons. The fourth-order valence-electron chi connectivity index (χ4n) is 7.04. The lowest BCUT2D eigenvalue weighted by molar-refractivity contribution is 0.563. The van der Waals surface area contributed by atoms with E-state index in [1.807, 2.05) is 36.4 Å². The van der Waals surface area contributed by atoms with Crippen molar-refractivity contribution in [3.8, 4) is 22.3 Å². The van der Waals surface area contributed by atoms with Gasteiger partial charge in [-0.3, -0.25) is 0 Å². The molecule has 0 saturated heterocycles. The number of fused-ring (bicyclic) bond motifs is 6. The second-order valence-electron chi connectivity index (χ2n) is 18.7. The third-order valence-corrected chi connectivity index (χ3v) is 10.5. The summed E-state index contributed by atoms with van der Waals surface area (Å²) in [7, 11) is 0. The Morgan fingerprint density at radius 1 is 0.327 bits per heavy atom. The maximum Gasteiger partial charge on any atom is 0.344 e. The molecule has 2 heterocycles. The van der Waals surface area contributed by atoms with Crippen molar-refractivity contribution in [2.45, 2.75) is 105 Å². The van der Waals surface area contributed by atoms with E-state index in [0.29, 0.717) is 21.9 Å². The van der Waals surface area contributed by atoms with Gasteiger partial charge < -0.3 is 8.83 Å². The summed E-state index contributed by atoms with van der Waals surface area (Å²) in [5.41, 5.74) is 8.98. The second-order valence-corrected chi connectivity index (χ2v) is 18.7. The van der Waals surface area contributed by atoms with Crippen LogP contribution in [0.2, 0.25) is 0 Å². The SMILES string of the molecule is CC(C)(C)c1cc(-c2ccc3c(c2)c(=O)oc2cc4c(cc23)oc(=O)c2cc(-c3cc(C(C)(C)C)cc(C(C)(C)C)c3)ccc24)cc(C(C)(C)C)c1. The molecule has 2 aromatic heterocycles. The van der Waals surface area contributed by atoms with Gasteiger partial charge in [-0.25, -0.2) is 9.59 Å². The Kier molecular flexibility index (Phi) is 8.03. The number of hydrogen-bond acceptors (Lipinski definition) is 4. The lowest BCUT2D eigenvalue weighted by Crippen LogP contribution is -2.16. The number of hydrogen-bond donors (Lipinski definition) is 0. The van der Waals surface area contributed by atoms with Crippen LogP contribution in [0.15, 0.2) is 103 Å². The fourth-order valence-corrected chi connectivity index (χ4v) is 7.04. The van der Waals surface area contributed by atoms with Crippen molar-refractivity contribution in [2.24, 2.45) is 0 Å². The zero-order valence-electron chi connectivity index (χ0n) is 32.7. The first-order chi connectivity index (χ1) is 24.1. The maximum atomic E-state index is 13.6. The fraction of sp³-hybridized carbons (Fsp3) is 0.333. The molecule has 7 rings (SSSR count). The average Bonchev–Trinajstić information content (AvgIpc) is 3.06. The van der Waals surface area contributed by atoms with Crippen molar-refractivity contribution >= 4 is 43.5 Å². The van der Waals surface area contributed by atoms with Crippen LogP contribution in [0.25, 0.3) is 65.7 Å². The summed E-state index contributed by atoms with van der Waals surface area (Å²) >= 11 is 0. The van der Waals surface area contributed by atoms with E-state index in [1.54, 1.807) is 0 Å². The van der Waals surface area contributed by atoms with Gasteiger partial charge in [0.2, 0.25) is 0 Å². The third kappa shape index (κ3) is 6.38. The minimum Gasteiger partial charge on any atom is -0.422 e. The van der Waals surface area contributed by atoms with Gasteiger partial charge >= 0.3 is 11.3 Å². The highest BCUT2D eigenvalue weighted by atomic mass is 16.4. The Morgan fingerprint density at radius 2 is 0.635 bits per heavy atom. The molecular formula is C48H50O4. The molecule has 0 fully saturated rings. The van der Waals surface area contributed by atoms with Crippen LogP contribution in [0.1, 0.15) is 105 Å². The van der Waals surface area contributed by atoms with E-state index < -0.39 is 11.3 Å². The Bertz CT molecular complexity index is 2440. The highest BCUT2D eigenvalue weighted by molar-refractivity contribution is 6.14. The van der Waals surface area contributed by atoms with Crippen LogP contribution in [0, 0.1) is 0 Å². The molecule has 0 aliphatic rings. The van der Waals surface area contributed by atoms with E-state index in [9.17, 15) is 9.59 Å². The van der Waals surface area contributed by atoms with Crippen molar-refractivity contribution in [1.82, 2.24) is 0 Å². The summed E-state index contributed by atoms with van der Waals surface area (Å²) in [6, 6.07) is 29.1. The number of rotatable bonds is 2.